The van der Waals surface area contributed by atoms with Crippen LogP contribution in [0.2, 0.25) is 0 Å². The molecule has 37 heavy (non-hydrogen) atoms. The Kier molecular flexibility index (Phi) is 8.20. The molecule has 0 aliphatic carbocycles. The maximum absolute atomic E-state index is 12.8. The number of hydrogen-bond donors (Lipinski definition) is 2. The van der Waals surface area contributed by atoms with E-state index in [0.717, 1.165) is 7.05 Å². The lowest BCUT2D eigenvalue weighted by Crippen LogP contribution is -2.43. The van der Waals surface area contributed by atoms with Gasteiger partial charge in [-0.3, -0.25) is 19.4 Å². The van der Waals surface area contributed by atoms with Crippen molar-refractivity contribution in [3.05, 3.63) is 87.2 Å². The molecule has 3 aromatic rings. The number of para-hydroxylation sites is 1. The monoisotopic (exact) mass is 542 g/mol. The van der Waals surface area contributed by atoms with Gasteiger partial charge in [0.05, 0.1) is 24.5 Å². The van der Waals surface area contributed by atoms with Crippen molar-refractivity contribution in [1.29, 1.82) is 0 Å². The number of aromatic amines is 1. The highest BCUT2D eigenvalue weighted by atomic mass is 32.2. The minimum Gasteiger partial charge on any atom is -0.457 e. The number of amides is 1. The van der Waals surface area contributed by atoms with Gasteiger partial charge >= 0.3 is 11.9 Å². The molecule has 0 aliphatic heterocycles. The fourth-order valence-electron chi connectivity index (χ4n) is 3.05. The topological polar surface area (TPSA) is 142 Å². The molecule has 0 atom stereocenters. The lowest BCUT2D eigenvalue weighted by Gasteiger charge is -2.21. The van der Waals surface area contributed by atoms with Gasteiger partial charge in [-0.15, -0.1) is 0 Å². The summed E-state index contributed by atoms with van der Waals surface area (Å²) in [6, 6.07) is 14.3. The van der Waals surface area contributed by atoms with Crippen LogP contribution in [0.1, 0.15) is 5.69 Å². The number of H-pyrrole nitrogens is 1. The van der Waals surface area contributed by atoms with E-state index in [1.807, 2.05) is 6.07 Å². The number of benzene rings is 2. The molecule has 1 amide bonds. The number of aromatic nitrogens is 2. The third-order valence-corrected chi connectivity index (χ3v) is 6.84. The Bertz CT molecular complexity index is 1440. The number of hydroxylamine groups is 2. The van der Waals surface area contributed by atoms with E-state index in [2.05, 4.69) is 0 Å². The Hall–Kier alpha value is -3.95. The molecule has 0 radical (unpaired) electrons. The zero-order chi connectivity index (χ0) is 27.4. The molecule has 0 aliphatic rings. The van der Waals surface area contributed by atoms with Crippen molar-refractivity contribution in [3.63, 3.8) is 0 Å². The molecule has 0 fully saturated rings. The summed E-state index contributed by atoms with van der Waals surface area (Å²) in [7, 11) is -3.06. The number of hydrogen-bond acceptors (Lipinski definition) is 7. The second-order valence-electron chi connectivity index (χ2n) is 7.64. The SMILES string of the molecule is CN(CC(=O)N(O)CCn1c(=O)cc(C(F)(F)F)[nH]c1=O)S(=O)(=O)c1ccc(Oc2ccccc2)cc1. The van der Waals surface area contributed by atoms with Crippen LogP contribution in [0.4, 0.5) is 13.2 Å². The van der Waals surface area contributed by atoms with Gasteiger partial charge in [0.1, 0.15) is 17.2 Å². The Morgan fingerprint density at radius 1 is 1.05 bits per heavy atom. The highest BCUT2D eigenvalue weighted by molar-refractivity contribution is 7.89. The number of sulfonamides is 1. The summed E-state index contributed by atoms with van der Waals surface area (Å²) < 4.78 is 70.2. The van der Waals surface area contributed by atoms with E-state index in [0.29, 0.717) is 20.4 Å². The van der Waals surface area contributed by atoms with E-state index in [1.165, 1.54) is 29.2 Å². The van der Waals surface area contributed by atoms with Crippen molar-refractivity contribution in [3.8, 4) is 11.5 Å². The Balaban J connectivity index is 1.61. The minimum absolute atomic E-state index is 0.0619. The van der Waals surface area contributed by atoms with Crippen molar-refractivity contribution >= 4 is 15.9 Å². The van der Waals surface area contributed by atoms with Gasteiger partial charge in [-0.2, -0.15) is 17.5 Å². The van der Waals surface area contributed by atoms with Gasteiger partial charge in [-0.05, 0) is 36.4 Å². The molecule has 3 rings (SSSR count). The summed E-state index contributed by atoms with van der Waals surface area (Å²) >= 11 is 0. The fraction of sp³-hybridized carbons (Fsp3) is 0.227. The van der Waals surface area contributed by atoms with E-state index >= 15 is 0 Å². The van der Waals surface area contributed by atoms with Gasteiger partial charge < -0.3 is 9.72 Å². The van der Waals surface area contributed by atoms with Gasteiger partial charge in [0.25, 0.3) is 11.5 Å². The molecule has 1 heterocycles. The van der Waals surface area contributed by atoms with Crippen LogP contribution in [0.25, 0.3) is 0 Å². The second kappa shape index (κ2) is 11.0. The van der Waals surface area contributed by atoms with Crippen molar-refractivity contribution in [2.45, 2.75) is 17.6 Å². The second-order valence-corrected chi connectivity index (χ2v) is 9.69. The average molecular weight is 542 g/mol. The Morgan fingerprint density at radius 2 is 1.65 bits per heavy atom. The van der Waals surface area contributed by atoms with E-state index < -0.39 is 58.7 Å². The number of nitrogens with zero attached hydrogens (tertiary/aromatic N) is 3. The van der Waals surface area contributed by atoms with Gasteiger partial charge in [0.2, 0.25) is 10.0 Å². The van der Waals surface area contributed by atoms with Gasteiger partial charge in [0, 0.05) is 13.1 Å². The molecule has 0 bridgehead atoms. The van der Waals surface area contributed by atoms with Gasteiger partial charge in [-0.25, -0.2) is 18.3 Å². The molecule has 0 spiro atoms. The number of alkyl halides is 3. The quantitative estimate of drug-likeness (QED) is 0.311. The molecular formula is C22H21F3N4O7S. The molecular weight excluding hydrogens is 521 g/mol. The van der Waals surface area contributed by atoms with Gasteiger partial charge in [0.15, 0.2) is 0 Å². The zero-order valence-corrected chi connectivity index (χ0v) is 20.0. The van der Waals surface area contributed by atoms with Crippen LogP contribution in [0.3, 0.4) is 0 Å². The fourth-order valence-corrected chi connectivity index (χ4v) is 4.17. The molecule has 198 valence electrons. The number of carbonyl (C=O) groups excluding carboxylic acids is 1. The van der Waals surface area contributed by atoms with Crippen LogP contribution >= 0.6 is 0 Å². The van der Waals surface area contributed by atoms with Crippen LogP contribution in [0, 0.1) is 0 Å². The van der Waals surface area contributed by atoms with Crippen molar-refractivity contribution < 1.29 is 36.3 Å². The number of ether oxygens (including phenoxy) is 1. The van der Waals surface area contributed by atoms with Crippen molar-refractivity contribution in [2.75, 3.05) is 20.1 Å². The third kappa shape index (κ3) is 6.84. The van der Waals surface area contributed by atoms with Gasteiger partial charge in [-0.1, -0.05) is 18.2 Å². The standard InChI is InChI=1S/C22H21F3N4O7S/c1-27(37(34,35)17-9-7-16(8-10-17)36-15-5-3-2-4-6-15)14-20(31)29(33)12-11-28-19(30)13-18(22(23,24)25)26-21(28)32/h2-10,13,33H,11-12,14H2,1H3,(H,26,32). The summed E-state index contributed by atoms with van der Waals surface area (Å²) in [6.45, 7) is -2.13. The normalized spacial score (nSPS) is 11.9. The molecule has 2 N–H and O–H groups in total. The summed E-state index contributed by atoms with van der Waals surface area (Å²) in [5, 5.41) is 10.0. The van der Waals surface area contributed by atoms with Crippen LogP contribution < -0.4 is 16.0 Å². The molecule has 15 heteroatoms. The van der Waals surface area contributed by atoms with E-state index in [4.69, 9.17) is 4.74 Å². The summed E-state index contributed by atoms with van der Waals surface area (Å²) in [5.41, 5.74) is -4.22. The van der Waals surface area contributed by atoms with Crippen molar-refractivity contribution in [2.24, 2.45) is 0 Å². The van der Waals surface area contributed by atoms with Crippen LogP contribution in [0.5, 0.6) is 11.5 Å². The smallest absolute Gasteiger partial charge is 0.431 e. The molecule has 0 saturated heterocycles. The maximum atomic E-state index is 12.8. The lowest BCUT2D eigenvalue weighted by molar-refractivity contribution is -0.165. The Morgan fingerprint density at radius 3 is 2.22 bits per heavy atom. The molecule has 0 unspecified atom stereocenters. The maximum Gasteiger partial charge on any atom is 0.431 e. The predicted octanol–water partition coefficient (Wildman–Crippen LogP) is 1.89. The molecule has 0 saturated carbocycles. The van der Waals surface area contributed by atoms with Crippen LogP contribution in [-0.4, -0.2) is 58.6 Å². The molecule has 1 aromatic heterocycles. The first-order chi connectivity index (χ1) is 17.3. The van der Waals surface area contributed by atoms with Crippen molar-refractivity contribution in [1.82, 2.24) is 18.9 Å². The summed E-state index contributed by atoms with van der Waals surface area (Å²) in [5.74, 6) is -0.185. The first kappa shape index (κ1) is 27.6. The summed E-state index contributed by atoms with van der Waals surface area (Å²) in [4.78, 5) is 37.3. The predicted molar refractivity (Wildman–Crippen MR) is 123 cm³/mol. The van der Waals surface area contributed by atoms with Crippen LogP contribution in [-0.2, 0) is 27.5 Å². The van der Waals surface area contributed by atoms with Crippen LogP contribution in [0.15, 0.2) is 75.1 Å². The zero-order valence-electron chi connectivity index (χ0n) is 19.2. The van der Waals surface area contributed by atoms with E-state index in [9.17, 15) is 41.2 Å². The minimum atomic E-state index is -4.94. The first-order valence-electron chi connectivity index (χ1n) is 10.5. The highest BCUT2D eigenvalue weighted by Gasteiger charge is 2.33. The number of rotatable bonds is 9. The lowest BCUT2D eigenvalue weighted by atomic mass is 10.3. The first-order valence-corrected chi connectivity index (χ1v) is 11.9. The number of halogens is 3. The summed E-state index contributed by atoms with van der Waals surface area (Å²) in [6.07, 6.45) is -4.94. The average Bonchev–Trinajstić information content (AvgIpc) is 2.83. The molecule has 2 aromatic carbocycles. The number of nitrogens with one attached hydrogen (secondary N) is 1. The molecule has 11 nitrogen and oxygen atoms in total. The highest BCUT2D eigenvalue weighted by Crippen LogP contribution is 2.25. The van der Waals surface area contributed by atoms with E-state index in [-0.39, 0.29) is 16.0 Å². The Labute approximate surface area is 208 Å². The van der Waals surface area contributed by atoms with E-state index in [1.54, 1.807) is 24.3 Å². The number of carbonyl (C=O) groups is 1. The third-order valence-electron chi connectivity index (χ3n) is 5.02. The number of likely N-dealkylation sites (N-methyl/N-ethyl adjacent to an activating group) is 1. The largest absolute Gasteiger partial charge is 0.457 e.